The molecule has 9 heteroatoms. The van der Waals surface area contributed by atoms with Crippen LogP contribution in [-0.4, -0.2) is 40.0 Å². The van der Waals surface area contributed by atoms with Crippen LogP contribution in [0.2, 0.25) is 0 Å². The van der Waals surface area contributed by atoms with Crippen LogP contribution in [0.1, 0.15) is 11.1 Å². The Balaban J connectivity index is 2.17. The van der Waals surface area contributed by atoms with E-state index in [1.807, 2.05) is 35.2 Å². The third kappa shape index (κ3) is 5.75. The van der Waals surface area contributed by atoms with Crippen LogP contribution < -0.4 is 4.72 Å². The molecule has 2 aromatic rings. The van der Waals surface area contributed by atoms with Gasteiger partial charge in [0.15, 0.2) is 0 Å². The summed E-state index contributed by atoms with van der Waals surface area (Å²) in [6.45, 7) is -0.0110. The zero-order chi connectivity index (χ0) is 20.2. The van der Waals surface area contributed by atoms with Gasteiger partial charge < -0.3 is 4.90 Å². The predicted molar refractivity (Wildman–Crippen MR) is 94.2 cm³/mol. The Kier molecular flexibility index (Phi) is 6.61. The minimum Gasteiger partial charge on any atom is -0.305 e. The highest BCUT2D eigenvalue weighted by Gasteiger charge is 2.35. The molecular formula is C18H20F4N2O2S. The summed E-state index contributed by atoms with van der Waals surface area (Å²) in [5, 5.41) is 0. The molecule has 0 saturated heterocycles. The quantitative estimate of drug-likeness (QED) is 0.721. The van der Waals surface area contributed by atoms with Crippen LogP contribution in [0, 0.1) is 5.82 Å². The second-order valence-electron chi connectivity index (χ2n) is 6.30. The highest BCUT2D eigenvalue weighted by molar-refractivity contribution is 7.89. The average Bonchev–Trinajstić information content (AvgIpc) is 2.58. The molecule has 1 atom stereocenters. The Morgan fingerprint density at radius 3 is 2.26 bits per heavy atom. The molecule has 0 saturated carbocycles. The number of likely N-dealkylation sites (N-methyl/N-ethyl adjacent to an activating group) is 1. The normalized spacial score (nSPS) is 13.7. The van der Waals surface area contributed by atoms with Gasteiger partial charge in [-0.3, -0.25) is 0 Å². The van der Waals surface area contributed by atoms with E-state index in [1.54, 1.807) is 14.1 Å². The third-order valence-electron chi connectivity index (χ3n) is 4.11. The summed E-state index contributed by atoms with van der Waals surface area (Å²) >= 11 is 0. The average molecular weight is 404 g/mol. The van der Waals surface area contributed by atoms with E-state index < -0.39 is 32.5 Å². The molecule has 0 fully saturated rings. The molecule has 0 aliphatic carbocycles. The van der Waals surface area contributed by atoms with Gasteiger partial charge >= 0.3 is 6.18 Å². The van der Waals surface area contributed by atoms with Gasteiger partial charge in [0.05, 0.1) is 10.5 Å². The zero-order valence-electron chi connectivity index (χ0n) is 14.8. The van der Waals surface area contributed by atoms with Gasteiger partial charge in [0.2, 0.25) is 10.0 Å². The van der Waals surface area contributed by atoms with Gasteiger partial charge in [-0.05, 0) is 44.3 Å². The molecule has 0 spiro atoms. The first kappa shape index (κ1) is 21.3. The Hall–Kier alpha value is -1.97. The Bertz CT molecular complexity index is 869. The van der Waals surface area contributed by atoms with Crippen molar-refractivity contribution in [2.45, 2.75) is 23.5 Å². The Morgan fingerprint density at radius 2 is 1.70 bits per heavy atom. The molecule has 0 aliphatic rings. The maximum absolute atomic E-state index is 13.4. The molecule has 0 heterocycles. The van der Waals surface area contributed by atoms with Gasteiger partial charge in [0, 0.05) is 12.6 Å². The van der Waals surface area contributed by atoms with Gasteiger partial charge in [-0.15, -0.1) is 0 Å². The van der Waals surface area contributed by atoms with Gasteiger partial charge in [0.25, 0.3) is 0 Å². The lowest BCUT2D eigenvalue weighted by Crippen LogP contribution is -2.41. The number of benzene rings is 2. The first-order valence-corrected chi connectivity index (χ1v) is 9.56. The molecule has 1 N–H and O–H groups in total. The number of rotatable bonds is 7. The number of alkyl halides is 3. The molecule has 0 aliphatic heterocycles. The van der Waals surface area contributed by atoms with Gasteiger partial charge in [0.1, 0.15) is 5.82 Å². The van der Waals surface area contributed by atoms with E-state index in [0.29, 0.717) is 18.6 Å². The van der Waals surface area contributed by atoms with Crippen molar-refractivity contribution in [1.82, 2.24) is 9.62 Å². The molecule has 0 radical (unpaired) electrons. The number of hydrogen-bond donors (Lipinski definition) is 1. The molecule has 2 rings (SSSR count). The predicted octanol–water partition coefficient (Wildman–Crippen LogP) is 3.30. The van der Waals surface area contributed by atoms with Gasteiger partial charge in [-0.25, -0.2) is 17.5 Å². The lowest BCUT2D eigenvalue weighted by molar-refractivity contribution is -0.140. The van der Waals surface area contributed by atoms with E-state index in [-0.39, 0.29) is 12.6 Å². The van der Waals surface area contributed by atoms with Gasteiger partial charge in [-0.2, -0.15) is 13.2 Å². The molecule has 0 bridgehead atoms. The number of halogens is 4. The second-order valence-corrected chi connectivity index (χ2v) is 8.07. The van der Waals surface area contributed by atoms with E-state index in [2.05, 4.69) is 4.72 Å². The standard InChI is InChI=1S/C18H20F4N2O2S/c1-24(2)14(10-13-6-4-3-5-7-13)12-23-27(25,26)15-8-9-17(19)16(11-15)18(20,21)22/h3-9,11,14,23H,10,12H2,1-2H3. The largest absolute Gasteiger partial charge is 0.419 e. The lowest BCUT2D eigenvalue weighted by atomic mass is 10.1. The van der Waals surface area contributed by atoms with Gasteiger partial charge in [-0.1, -0.05) is 30.3 Å². The molecule has 4 nitrogen and oxygen atoms in total. The van der Waals surface area contributed by atoms with Crippen LogP contribution in [0.25, 0.3) is 0 Å². The minimum absolute atomic E-state index is 0.0110. The molecule has 27 heavy (non-hydrogen) atoms. The molecular weight excluding hydrogens is 384 g/mol. The summed E-state index contributed by atoms with van der Waals surface area (Å²) in [6, 6.07) is 10.8. The topological polar surface area (TPSA) is 49.4 Å². The third-order valence-corrected chi connectivity index (χ3v) is 5.53. The first-order chi connectivity index (χ1) is 12.5. The number of hydrogen-bond acceptors (Lipinski definition) is 3. The van der Waals surface area contributed by atoms with Crippen LogP contribution in [0.15, 0.2) is 53.4 Å². The SMILES string of the molecule is CN(C)C(CNS(=O)(=O)c1ccc(F)c(C(F)(F)F)c1)Cc1ccccc1. The van der Waals surface area contributed by atoms with Crippen LogP contribution in [0.4, 0.5) is 17.6 Å². The van der Waals surface area contributed by atoms with Crippen LogP contribution in [0.5, 0.6) is 0 Å². The molecule has 148 valence electrons. The monoisotopic (exact) mass is 404 g/mol. The summed E-state index contributed by atoms with van der Waals surface area (Å²) in [7, 11) is -0.665. The number of nitrogens with zero attached hydrogens (tertiary/aromatic N) is 1. The van der Waals surface area contributed by atoms with Crippen molar-refractivity contribution in [3.8, 4) is 0 Å². The van der Waals surface area contributed by atoms with E-state index in [1.165, 1.54) is 0 Å². The maximum atomic E-state index is 13.4. The fraction of sp³-hybridized carbons (Fsp3) is 0.333. The summed E-state index contributed by atoms with van der Waals surface area (Å²) < 4.78 is 78.9. The summed E-state index contributed by atoms with van der Waals surface area (Å²) in [4.78, 5) is 1.19. The van der Waals surface area contributed by atoms with Crippen molar-refractivity contribution >= 4 is 10.0 Å². The smallest absolute Gasteiger partial charge is 0.305 e. The van der Waals surface area contributed by atoms with Crippen molar-refractivity contribution in [3.63, 3.8) is 0 Å². The van der Waals surface area contributed by atoms with E-state index in [0.717, 1.165) is 11.6 Å². The van der Waals surface area contributed by atoms with Crippen molar-refractivity contribution < 1.29 is 26.0 Å². The van der Waals surface area contributed by atoms with Crippen LogP contribution in [0.3, 0.4) is 0 Å². The molecule has 0 amide bonds. The van der Waals surface area contributed by atoms with Crippen molar-refractivity contribution in [3.05, 3.63) is 65.5 Å². The Labute approximate surface area is 155 Å². The highest BCUT2D eigenvalue weighted by atomic mass is 32.2. The van der Waals surface area contributed by atoms with Crippen molar-refractivity contribution in [2.24, 2.45) is 0 Å². The highest BCUT2D eigenvalue weighted by Crippen LogP contribution is 2.32. The zero-order valence-corrected chi connectivity index (χ0v) is 15.6. The second kappa shape index (κ2) is 8.37. The Morgan fingerprint density at radius 1 is 1.07 bits per heavy atom. The first-order valence-electron chi connectivity index (χ1n) is 8.07. The minimum atomic E-state index is -4.98. The summed E-state index contributed by atoms with van der Waals surface area (Å²) in [6.07, 6.45) is -4.43. The fourth-order valence-corrected chi connectivity index (χ4v) is 3.60. The summed E-state index contributed by atoms with van der Waals surface area (Å²) in [5.41, 5.74) is -0.615. The fourth-order valence-electron chi connectivity index (χ4n) is 2.50. The van der Waals surface area contributed by atoms with Crippen molar-refractivity contribution in [1.29, 1.82) is 0 Å². The molecule has 1 unspecified atom stereocenters. The summed E-state index contributed by atoms with van der Waals surface area (Å²) in [5.74, 6) is -1.52. The number of sulfonamides is 1. The van der Waals surface area contributed by atoms with E-state index >= 15 is 0 Å². The van der Waals surface area contributed by atoms with E-state index in [9.17, 15) is 26.0 Å². The van der Waals surface area contributed by atoms with Crippen LogP contribution in [-0.2, 0) is 22.6 Å². The molecule has 2 aromatic carbocycles. The number of nitrogens with one attached hydrogen (secondary N) is 1. The maximum Gasteiger partial charge on any atom is 0.419 e. The van der Waals surface area contributed by atoms with E-state index in [4.69, 9.17) is 0 Å². The van der Waals surface area contributed by atoms with Crippen molar-refractivity contribution in [2.75, 3.05) is 20.6 Å². The van der Waals surface area contributed by atoms with Crippen LogP contribution >= 0.6 is 0 Å². The molecule has 0 aromatic heterocycles. The lowest BCUT2D eigenvalue weighted by Gasteiger charge is -2.25.